The van der Waals surface area contributed by atoms with Gasteiger partial charge in [-0.2, -0.15) is 0 Å². The van der Waals surface area contributed by atoms with E-state index in [0.717, 1.165) is 5.56 Å². The molecule has 0 aromatic heterocycles. The first-order valence-corrected chi connectivity index (χ1v) is 5.77. The molecular formula is C14H12N4O. The van der Waals surface area contributed by atoms with Gasteiger partial charge in [0.05, 0.1) is 6.54 Å². The zero-order valence-corrected chi connectivity index (χ0v) is 10.2. The van der Waals surface area contributed by atoms with E-state index in [-0.39, 0.29) is 0 Å². The van der Waals surface area contributed by atoms with E-state index in [1.54, 1.807) is 12.1 Å². The van der Waals surface area contributed by atoms with Crippen LogP contribution in [0.25, 0.3) is 10.4 Å². The first-order chi connectivity index (χ1) is 9.31. The summed E-state index contributed by atoms with van der Waals surface area (Å²) < 4.78 is 0. The number of urea groups is 1. The summed E-state index contributed by atoms with van der Waals surface area (Å²) in [7, 11) is 0. The van der Waals surface area contributed by atoms with Crippen LogP contribution in [0.2, 0.25) is 0 Å². The van der Waals surface area contributed by atoms with E-state index in [9.17, 15) is 4.79 Å². The highest BCUT2D eigenvalue weighted by Crippen LogP contribution is 2.18. The number of carbonyl (C=O) groups excluding carboxylic acids is 1. The van der Waals surface area contributed by atoms with Crippen LogP contribution in [0.1, 0.15) is 5.56 Å². The lowest BCUT2D eigenvalue weighted by atomic mass is 10.2. The number of nitrogens with zero attached hydrogens (tertiary/aromatic N) is 4. The Bertz CT molecular complexity index is 591. The summed E-state index contributed by atoms with van der Waals surface area (Å²) in [6.07, 6.45) is 0. The molecule has 94 valence electrons. The molecule has 0 aliphatic carbocycles. The number of anilines is 1. The smallest absolute Gasteiger partial charge is 0.302 e. The molecule has 0 bridgehead atoms. The van der Waals surface area contributed by atoms with Crippen molar-refractivity contribution >= 4 is 11.7 Å². The van der Waals surface area contributed by atoms with E-state index < -0.39 is 6.03 Å². The second kappa shape index (κ2) is 6.23. The topological polar surface area (TPSA) is 69.1 Å². The molecule has 0 unspecified atom stereocenters. The van der Waals surface area contributed by atoms with Gasteiger partial charge >= 0.3 is 6.03 Å². The van der Waals surface area contributed by atoms with Crippen molar-refractivity contribution < 1.29 is 4.79 Å². The molecule has 0 atom stereocenters. The second-order valence-electron chi connectivity index (χ2n) is 3.88. The molecule has 0 aliphatic heterocycles. The number of benzene rings is 2. The van der Waals surface area contributed by atoms with Crippen molar-refractivity contribution in [3.63, 3.8) is 0 Å². The molecule has 5 heteroatoms. The highest BCUT2D eigenvalue weighted by molar-refractivity contribution is 5.92. The van der Waals surface area contributed by atoms with Gasteiger partial charge in [-0.05, 0) is 23.2 Å². The average Bonchev–Trinajstić information content (AvgIpc) is 2.47. The van der Waals surface area contributed by atoms with E-state index in [0.29, 0.717) is 12.2 Å². The van der Waals surface area contributed by atoms with Crippen molar-refractivity contribution in [3.05, 3.63) is 76.7 Å². The van der Waals surface area contributed by atoms with Crippen LogP contribution in [-0.2, 0) is 6.54 Å². The summed E-state index contributed by atoms with van der Waals surface area (Å²) in [6, 6.07) is 18.0. The molecule has 19 heavy (non-hydrogen) atoms. The Morgan fingerprint density at radius 1 is 1.05 bits per heavy atom. The Kier molecular flexibility index (Phi) is 4.16. The van der Waals surface area contributed by atoms with Crippen molar-refractivity contribution in [2.75, 3.05) is 4.90 Å². The summed E-state index contributed by atoms with van der Waals surface area (Å²) in [6.45, 7) is 0.364. The first-order valence-electron chi connectivity index (χ1n) is 5.77. The predicted molar refractivity (Wildman–Crippen MR) is 73.6 cm³/mol. The minimum Gasteiger partial charge on any atom is -0.302 e. The number of azide groups is 1. The molecule has 0 saturated carbocycles. The van der Waals surface area contributed by atoms with E-state index in [4.69, 9.17) is 5.53 Å². The Balaban J connectivity index is 2.30. The summed E-state index contributed by atoms with van der Waals surface area (Å²) in [4.78, 5) is 15.9. The van der Waals surface area contributed by atoms with Gasteiger partial charge in [0.1, 0.15) is 0 Å². The summed E-state index contributed by atoms with van der Waals surface area (Å²) >= 11 is 0. The van der Waals surface area contributed by atoms with Gasteiger partial charge < -0.3 is 4.90 Å². The lowest BCUT2D eigenvalue weighted by Crippen LogP contribution is -2.27. The van der Waals surface area contributed by atoms with Gasteiger partial charge in [-0.15, -0.1) is 0 Å². The SMILES string of the molecule is [N-]=[N+]=NC(=O)N(Cc1ccccc1)c1ccccc1. The standard InChI is InChI=1S/C14H12N4O/c15-17-16-14(19)18(13-9-5-2-6-10-13)11-12-7-3-1-4-8-12/h1-10H,11H2. The summed E-state index contributed by atoms with van der Waals surface area (Å²) in [5.74, 6) is 0. The molecule has 2 aromatic carbocycles. The fourth-order valence-corrected chi connectivity index (χ4v) is 1.74. The quantitative estimate of drug-likeness (QED) is 0.460. The fourth-order valence-electron chi connectivity index (χ4n) is 1.74. The molecule has 0 spiro atoms. The zero-order valence-electron chi connectivity index (χ0n) is 10.2. The third kappa shape index (κ3) is 3.34. The van der Waals surface area contributed by atoms with E-state index in [2.05, 4.69) is 10.0 Å². The van der Waals surface area contributed by atoms with Gasteiger partial charge in [-0.1, -0.05) is 48.5 Å². The molecule has 0 fully saturated rings. The Morgan fingerprint density at radius 3 is 2.21 bits per heavy atom. The molecule has 0 saturated heterocycles. The largest absolute Gasteiger partial charge is 0.315 e. The Morgan fingerprint density at radius 2 is 1.63 bits per heavy atom. The zero-order chi connectivity index (χ0) is 13.5. The van der Waals surface area contributed by atoms with Crippen LogP contribution in [-0.4, -0.2) is 6.03 Å². The first kappa shape index (κ1) is 12.7. The van der Waals surface area contributed by atoms with Crippen LogP contribution in [0.15, 0.2) is 65.8 Å². The van der Waals surface area contributed by atoms with Crippen molar-refractivity contribution in [2.45, 2.75) is 6.54 Å². The highest BCUT2D eigenvalue weighted by atomic mass is 16.2. The van der Waals surface area contributed by atoms with Crippen LogP contribution < -0.4 is 4.90 Å². The Labute approximate surface area is 110 Å². The predicted octanol–water partition coefficient (Wildman–Crippen LogP) is 4.12. The molecular weight excluding hydrogens is 240 g/mol. The fraction of sp³-hybridized carbons (Fsp3) is 0.0714. The van der Waals surface area contributed by atoms with Gasteiger partial charge in [0, 0.05) is 15.7 Å². The molecule has 0 aliphatic rings. The second-order valence-corrected chi connectivity index (χ2v) is 3.88. The van der Waals surface area contributed by atoms with Crippen LogP contribution >= 0.6 is 0 Å². The van der Waals surface area contributed by atoms with Crippen LogP contribution in [0.3, 0.4) is 0 Å². The number of para-hydroxylation sites is 1. The van der Waals surface area contributed by atoms with Gasteiger partial charge in [0.2, 0.25) is 0 Å². The normalized spacial score (nSPS) is 9.47. The van der Waals surface area contributed by atoms with Gasteiger partial charge in [0.25, 0.3) is 0 Å². The third-order valence-corrected chi connectivity index (χ3v) is 2.61. The summed E-state index contributed by atoms with van der Waals surface area (Å²) in [5.41, 5.74) is 10.1. The lowest BCUT2D eigenvalue weighted by molar-refractivity contribution is 0.253. The average molecular weight is 252 g/mol. The number of amides is 2. The monoisotopic (exact) mass is 252 g/mol. The van der Waals surface area contributed by atoms with Crippen molar-refractivity contribution in [3.8, 4) is 0 Å². The van der Waals surface area contributed by atoms with E-state index in [1.807, 2.05) is 48.5 Å². The third-order valence-electron chi connectivity index (χ3n) is 2.61. The maximum atomic E-state index is 11.9. The molecule has 0 N–H and O–H groups in total. The minimum absolute atomic E-state index is 0.364. The van der Waals surface area contributed by atoms with Crippen molar-refractivity contribution in [2.24, 2.45) is 5.11 Å². The van der Waals surface area contributed by atoms with Gasteiger partial charge in [-0.3, -0.25) is 4.79 Å². The summed E-state index contributed by atoms with van der Waals surface area (Å²) in [5, 5.41) is 3.17. The number of hydrogen-bond donors (Lipinski definition) is 0. The van der Waals surface area contributed by atoms with E-state index in [1.165, 1.54) is 4.90 Å². The van der Waals surface area contributed by atoms with Crippen LogP contribution in [0, 0.1) is 0 Å². The van der Waals surface area contributed by atoms with Crippen molar-refractivity contribution in [1.82, 2.24) is 0 Å². The van der Waals surface area contributed by atoms with Gasteiger partial charge in [0.15, 0.2) is 0 Å². The molecule has 2 amide bonds. The maximum absolute atomic E-state index is 11.9. The molecule has 5 nitrogen and oxygen atoms in total. The highest BCUT2D eigenvalue weighted by Gasteiger charge is 2.14. The minimum atomic E-state index is -0.613. The number of carbonyl (C=O) groups is 1. The maximum Gasteiger partial charge on any atom is 0.315 e. The van der Waals surface area contributed by atoms with E-state index >= 15 is 0 Å². The molecule has 0 radical (unpaired) electrons. The van der Waals surface area contributed by atoms with Crippen LogP contribution in [0.5, 0.6) is 0 Å². The van der Waals surface area contributed by atoms with Crippen molar-refractivity contribution in [1.29, 1.82) is 0 Å². The van der Waals surface area contributed by atoms with Gasteiger partial charge in [-0.25, -0.2) is 0 Å². The molecule has 2 aromatic rings. The lowest BCUT2D eigenvalue weighted by Gasteiger charge is -2.20. The number of rotatable bonds is 3. The Hall–Kier alpha value is -2.78. The van der Waals surface area contributed by atoms with Crippen LogP contribution in [0.4, 0.5) is 10.5 Å². The molecule has 0 heterocycles. The number of hydrogen-bond acceptors (Lipinski definition) is 1. The molecule has 2 rings (SSSR count).